The number of piperazine rings is 1. The third-order valence-corrected chi connectivity index (χ3v) is 3.85. The van der Waals surface area contributed by atoms with Gasteiger partial charge in [0, 0.05) is 31.7 Å². The average molecular weight is 259 g/mol. The molecule has 1 heterocycles. The number of hydrogen-bond acceptors (Lipinski definition) is 4. The molecule has 1 saturated heterocycles. The highest BCUT2D eigenvalue weighted by atomic mass is 16.5. The van der Waals surface area contributed by atoms with Crippen molar-refractivity contribution in [2.24, 2.45) is 0 Å². The van der Waals surface area contributed by atoms with Crippen molar-refractivity contribution in [2.75, 3.05) is 33.3 Å². The fraction of sp³-hybridized carbons (Fsp3) is 0.533. The van der Waals surface area contributed by atoms with E-state index in [1.165, 1.54) is 0 Å². The van der Waals surface area contributed by atoms with Crippen LogP contribution in [0, 0.1) is 18.3 Å². The van der Waals surface area contributed by atoms with E-state index >= 15 is 0 Å². The van der Waals surface area contributed by atoms with Crippen LogP contribution in [0.4, 0.5) is 0 Å². The summed E-state index contributed by atoms with van der Waals surface area (Å²) in [5.74, 6) is 0.785. The Morgan fingerprint density at radius 2 is 2.05 bits per heavy atom. The normalized spacial score (nSPS) is 19.5. The van der Waals surface area contributed by atoms with Crippen molar-refractivity contribution in [1.29, 1.82) is 5.26 Å². The van der Waals surface area contributed by atoms with Crippen molar-refractivity contribution in [3.8, 4) is 11.8 Å². The highest BCUT2D eigenvalue weighted by Gasteiger charge is 2.37. The summed E-state index contributed by atoms with van der Waals surface area (Å²) in [6, 6.07) is 8.50. The fourth-order valence-corrected chi connectivity index (χ4v) is 2.62. The summed E-state index contributed by atoms with van der Waals surface area (Å²) in [4.78, 5) is 2.22. The van der Waals surface area contributed by atoms with Crippen LogP contribution >= 0.6 is 0 Å². The first-order chi connectivity index (χ1) is 9.11. The zero-order valence-electron chi connectivity index (χ0n) is 11.9. The Labute approximate surface area is 115 Å². The Morgan fingerprint density at radius 3 is 2.63 bits per heavy atom. The van der Waals surface area contributed by atoms with Gasteiger partial charge in [0.1, 0.15) is 11.3 Å². The molecule has 4 nitrogen and oxygen atoms in total. The minimum Gasteiger partial charge on any atom is -0.496 e. The summed E-state index contributed by atoms with van der Waals surface area (Å²) in [6.45, 7) is 7.62. The van der Waals surface area contributed by atoms with E-state index in [9.17, 15) is 5.26 Å². The Morgan fingerprint density at radius 1 is 1.37 bits per heavy atom. The molecular formula is C15H21N3O. The van der Waals surface area contributed by atoms with Crippen LogP contribution in [-0.2, 0) is 5.54 Å². The zero-order valence-corrected chi connectivity index (χ0v) is 11.9. The molecular weight excluding hydrogens is 238 g/mol. The maximum absolute atomic E-state index is 9.73. The van der Waals surface area contributed by atoms with E-state index in [1.807, 2.05) is 26.0 Å². The Kier molecular flexibility index (Phi) is 4.08. The van der Waals surface area contributed by atoms with E-state index in [0.717, 1.165) is 43.1 Å². The third-order valence-electron chi connectivity index (χ3n) is 3.85. The smallest absolute Gasteiger partial charge is 0.135 e. The Bertz CT molecular complexity index is 489. The number of hydrogen-bond donors (Lipinski definition) is 1. The zero-order chi connectivity index (χ0) is 13.9. The second-order valence-electron chi connectivity index (χ2n) is 5.12. The minimum absolute atomic E-state index is 0.639. The highest BCUT2D eigenvalue weighted by Crippen LogP contribution is 2.35. The number of aryl methyl sites for hydroxylation is 1. The molecule has 0 spiro atoms. The number of nitrogens with zero attached hydrogens (tertiary/aromatic N) is 2. The van der Waals surface area contributed by atoms with Gasteiger partial charge in [0.25, 0.3) is 0 Å². The molecule has 4 heteroatoms. The van der Waals surface area contributed by atoms with Crippen LogP contribution < -0.4 is 10.1 Å². The van der Waals surface area contributed by atoms with E-state index in [0.29, 0.717) is 0 Å². The van der Waals surface area contributed by atoms with Crippen LogP contribution in [0.3, 0.4) is 0 Å². The lowest BCUT2D eigenvalue weighted by Gasteiger charge is -2.39. The van der Waals surface area contributed by atoms with Gasteiger partial charge in [0.15, 0.2) is 0 Å². The minimum atomic E-state index is -0.639. The molecule has 102 valence electrons. The highest BCUT2D eigenvalue weighted by molar-refractivity contribution is 5.45. The molecule has 1 unspecified atom stereocenters. The predicted molar refractivity (Wildman–Crippen MR) is 75.1 cm³/mol. The van der Waals surface area contributed by atoms with Crippen LogP contribution in [-0.4, -0.2) is 38.2 Å². The summed E-state index contributed by atoms with van der Waals surface area (Å²) in [5.41, 5.74) is 1.46. The van der Waals surface area contributed by atoms with E-state index in [4.69, 9.17) is 4.74 Å². The number of ether oxygens (including phenoxy) is 1. The molecule has 0 aromatic heterocycles. The topological polar surface area (TPSA) is 48.3 Å². The van der Waals surface area contributed by atoms with Gasteiger partial charge in [-0.1, -0.05) is 11.6 Å². The number of nitrogens with one attached hydrogen (secondary N) is 1. The second kappa shape index (κ2) is 5.60. The van der Waals surface area contributed by atoms with Crippen molar-refractivity contribution < 1.29 is 4.74 Å². The summed E-state index contributed by atoms with van der Waals surface area (Å²) >= 11 is 0. The van der Waals surface area contributed by atoms with Gasteiger partial charge >= 0.3 is 0 Å². The molecule has 0 saturated carbocycles. The maximum Gasteiger partial charge on any atom is 0.135 e. The molecule has 1 aromatic carbocycles. The van der Waals surface area contributed by atoms with Gasteiger partial charge in [-0.3, -0.25) is 4.90 Å². The maximum atomic E-state index is 9.73. The largest absolute Gasteiger partial charge is 0.496 e. The van der Waals surface area contributed by atoms with E-state index in [2.05, 4.69) is 22.4 Å². The van der Waals surface area contributed by atoms with Crippen LogP contribution in [0.2, 0.25) is 0 Å². The summed E-state index contributed by atoms with van der Waals surface area (Å²) in [5, 5.41) is 13.1. The molecule has 1 atom stereocenters. The lowest BCUT2D eigenvalue weighted by molar-refractivity contribution is 0.130. The van der Waals surface area contributed by atoms with E-state index < -0.39 is 5.54 Å². The van der Waals surface area contributed by atoms with Crippen molar-refractivity contribution >= 4 is 0 Å². The molecule has 1 aliphatic rings. The van der Waals surface area contributed by atoms with Crippen LogP contribution in [0.25, 0.3) is 0 Å². The van der Waals surface area contributed by atoms with Crippen molar-refractivity contribution in [3.05, 3.63) is 29.3 Å². The third kappa shape index (κ3) is 2.58. The Balaban J connectivity index is 2.45. The van der Waals surface area contributed by atoms with E-state index in [1.54, 1.807) is 7.11 Å². The monoisotopic (exact) mass is 259 g/mol. The summed E-state index contributed by atoms with van der Waals surface area (Å²) in [6.07, 6.45) is 0. The summed E-state index contributed by atoms with van der Waals surface area (Å²) < 4.78 is 5.45. The number of nitriles is 1. The van der Waals surface area contributed by atoms with Crippen LogP contribution in [0.1, 0.15) is 18.1 Å². The first-order valence-corrected chi connectivity index (χ1v) is 6.64. The second-order valence-corrected chi connectivity index (χ2v) is 5.12. The molecule has 0 aliphatic carbocycles. The van der Waals surface area contributed by atoms with Gasteiger partial charge < -0.3 is 10.1 Å². The average Bonchev–Trinajstić information content (AvgIpc) is 2.47. The molecule has 1 aliphatic heterocycles. The first-order valence-electron chi connectivity index (χ1n) is 6.64. The van der Waals surface area contributed by atoms with Crippen molar-refractivity contribution in [1.82, 2.24) is 10.2 Å². The lowest BCUT2D eigenvalue weighted by atomic mass is 9.89. The number of rotatable bonds is 3. The fourth-order valence-electron chi connectivity index (χ4n) is 2.62. The predicted octanol–water partition coefficient (Wildman–Crippen LogP) is 1.65. The molecule has 19 heavy (non-hydrogen) atoms. The molecule has 0 bridgehead atoms. The number of benzene rings is 1. The van der Waals surface area contributed by atoms with Gasteiger partial charge in [-0.05, 0) is 26.0 Å². The molecule has 1 aromatic rings. The van der Waals surface area contributed by atoms with Crippen LogP contribution in [0.5, 0.6) is 5.75 Å². The van der Waals surface area contributed by atoms with Crippen molar-refractivity contribution in [3.63, 3.8) is 0 Å². The van der Waals surface area contributed by atoms with Gasteiger partial charge in [0.2, 0.25) is 0 Å². The molecule has 1 N–H and O–H groups in total. The van der Waals surface area contributed by atoms with Crippen LogP contribution in [0.15, 0.2) is 18.2 Å². The molecule has 0 amide bonds. The van der Waals surface area contributed by atoms with E-state index in [-0.39, 0.29) is 0 Å². The Hall–Kier alpha value is -1.57. The first kappa shape index (κ1) is 13.9. The lowest BCUT2D eigenvalue weighted by Crippen LogP contribution is -2.52. The van der Waals surface area contributed by atoms with Gasteiger partial charge in [-0.2, -0.15) is 5.26 Å². The quantitative estimate of drug-likeness (QED) is 0.896. The number of methoxy groups -OCH3 is 1. The van der Waals surface area contributed by atoms with Gasteiger partial charge in [-0.25, -0.2) is 0 Å². The molecule has 1 fully saturated rings. The van der Waals surface area contributed by atoms with Crippen molar-refractivity contribution in [2.45, 2.75) is 19.4 Å². The molecule has 2 rings (SSSR count). The van der Waals surface area contributed by atoms with Gasteiger partial charge in [0.05, 0.1) is 13.2 Å². The summed E-state index contributed by atoms with van der Waals surface area (Å²) in [7, 11) is 1.66. The van der Waals surface area contributed by atoms with Gasteiger partial charge in [-0.15, -0.1) is 0 Å². The SMILES string of the molecule is COc1ccc(C)cc1C(C)(C#N)N1CCNCC1. The standard InChI is InChI=1S/C15H21N3O/c1-12-4-5-14(19-3)13(10-12)15(2,11-16)18-8-6-17-7-9-18/h4-5,10,17H,6-9H2,1-3H3. The molecule has 0 radical (unpaired) electrons.